The minimum atomic E-state index is 0.428. The molecule has 0 spiro atoms. The van der Waals surface area contributed by atoms with Crippen LogP contribution in [0.25, 0.3) is 11.3 Å². The summed E-state index contributed by atoms with van der Waals surface area (Å²) in [5.74, 6) is 1.34. The van der Waals surface area contributed by atoms with E-state index < -0.39 is 0 Å². The molecule has 1 heterocycles. The summed E-state index contributed by atoms with van der Waals surface area (Å²) in [4.78, 5) is 7.07. The molecule has 0 bridgehead atoms. The molecular formula is C13H14N2O2S. The number of hydrogen-bond acceptors (Lipinski definition) is 4. The minimum absolute atomic E-state index is 0.428. The maximum atomic E-state index is 5.60. The smallest absolute Gasteiger partial charge is 0.179 e. The number of benzene rings is 1. The summed E-state index contributed by atoms with van der Waals surface area (Å²) in [6.45, 7) is 2.55. The zero-order chi connectivity index (χ0) is 13.0. The largest absolute Gasteiger partial charge is 0.493 e. The highest BCUT2D eigenvalue weighted by Crippen LogP contribution is 2.34. The molecule has 0 aliphatic rings. The Kier molecular flexibility index (Phi) is 3.94. The fourth-order valence-corrected chi connectivity index (χ4v) is 1.97. The molecule has 0 amide bonds. The van der Waals surface area contributed by atoms with Gasteiger partial charge in [-0.05, 0) is 19.1 Å². The monoisotopic (exact) mass is 262 g/mol. The van der Waals surface area contributed by atoms with Crippen LogP contribution in [0.3, 0.4) is 0 Å². The molecule has 0 fully saturated rings. The Hall–Kier alpha value is -1.88. The number of H-pyrrole nitrogens is 1. The summed E-state index contributed by atoms with van der Waals surface area (Å²) in [5.41, 5.74) is 1.69. The first-order valence-corrected chi connectivity index (χ1v) is 6.02. The number of hydrogen-bond donors (Lipinski definition) is 1. The highest BCUT2D eigenvalue weighted by molar-refractivity contribution is 7.71. The molecule has 0 radical (unpaired) electrons. The molecule has 0 aliphatic carbocycles. The Bertz CT molecular complexity index is 596. The van der Waals surface area contributed by atoms with E-state index in [1.165, 1.54) is 0 Å². The van der Waals surface area contributed by atoms with Gasteiger partial charge in [-0.25, -0.2) is 4.98 Å². The van der Waals surface area contributed by atoms with Crippen molar-refractivity contribution in [3.8, 4) is 22.8 Å². The second-order valence-electron chi connectivity index (χ2n) is 3.55. The second-order valence-corrected chi connectivity index (χ2v) is 3.93. The van der Waals surface area contributed by atoms with Crippen molar-refractivity contribution in [1.82, 2.24) is 9.97 Å². The molecule has 94 valence electrons. The first-order chi connectivity index (χ1) is 8.77. The lowest BCUT2D eigenvalue weighted by atomic mass is 10.1. The topological polar surface area (TPSA) is 47.1 Å². The second kappa shape index (κ2) is 5.64. The van der Waals surface area contributed by atoms with Crippen LogP contribution in [0.1, 0.15) is 6.92 Å². The molecular weight excluding hydrogens is 248 g/mol. The zero-order valence-electron chi connectivity index (χ0n) is 10.3. The van der Waals surface area contributed by atoms with Crippen molar-refractivity contribution in [3.63, 3.8) is 0 Å². The molecule has 1 aromatic carbocycles. The first-order valence-electron chi connectivity index (χ1n) is 5.61. The lowest BCUT2D eigenvalue weighted by Gasteiger charge is -2.12. The van der Waals surface area contributed by atoms with Gasteiger partial charge in [0, 0.05) is 5.56 Å². The van der Waals surface area contributed by atoms with Gasteiger partial charge < -0.3 is 14.5 Å². The van der Waals surface area contributed by atoms with Gasteiger partial charge in [-0.15, -0.1) is 0 Å². The summed E-state index contributed by atoms with van der Waals surface area (Å²) in [7, 11) is 1.58. The van der Waals surface area contributed by atoms with Crippen molar-refractivity contribution in [2.45, 2.75) is 6.92 Å². The van der Waals surface area contributed by atoms with Crippen molar-refractivity contribution in [2.75, 3.05) is 13.7 Å². The van der Waals surface area contributed by atoms with Gasteiger partial charge in [0.2, 0.25) is 0 Å². The maximum Gasteiger partial charge on any atom is 0.179 e. The summed E-state index contributed by atoms with van der Waals surface area (Å²) < 4.78 is 11.3. The quantitative estimate of drug-likeness (QED) is 0.859. The van der Waals surface area contributed by atoms with Crippen molar-refractivity contribution in [3.05, 3.63) is 35.2 Å². The molecule has 1 aromatic heterocycles. The minimum Gasteiger partial charge on any atom is -0.493 e. The fraction of sp³-hybridized carbons (Fsp3) is 0.231. The van der Waals surface area contributed by atoms with E-state index in [4.69, 9.17) is 21.7 Å². The van der Waals surface area contributed by atoms with Crippen LogP contribution in [0, 0.1) is 4.64 Å². The summed E-state index contributed by atoms with van der Waals surface area (Å²) in [6, 6.07) is 7.73. The normalized spacial score (nSPS) is 10.1. The van der Waals surface area contributed by atoms with E-state index in [2.05, 4.69) is 9.97 Å². The van der Waals surface area contributed by atoms with Gasteiger partial charge in [-0.3, -0.25) is 0 Å². The van der Waals surface area contributed by atoms with E-state index >= 15 is 0 Å². The van der Waals surface area contributed by atoms with Crippen LogP contribution in [-0.2, 0) is 0 Å². The summed E-state index contributed by atoms with van der Waals surface area (Å²) in [5, 5.41) is 0. The third-order valence-corrected chi connectivity index (χ3v) is 2.76. The predicted octanol–water partition coefficient (Wildman–Crippen LogP) is 3.21. The van der Waals surface area contributed by atoms with Crippen LogP contribution in [0.15, 0.2) is 30.6 Å². The van der Waals surface area contributed by atoms with Crippen LogP contribution < -0.4 is 9.47 Å². The average molecular weight is 262 g/mol. The number of nitrogens with zero attached hydrogens (tertiary/aromatic N) is 1. The Balaban J connectivity index is 2.62. The van der Waals surface area contributed by atoms with Crippen molar-refractivity contribution in [1.29, 1.82) is 0 Å². The SMILES string of the molecule is CCOc1ccccc1-c1[nH]cnc(=S)c1OC. The molecule has 18 heavy (non-hydrogen) atoms. The maximum absolute atomic E-state index is 5.60. The molecule has 0 unspecified atom stereocenters. The van der Waals surface area contributed by atoms with Crippen LogP contribution in [0.5, 0.6) is 11.5 Å². The van der Waals surface area contributed by atoms with Gasteiger partial charge in [-0.1, -0.05) is 24.4 Å². The van der Waals surface area contributed by atoms with Gasteiger partial charge in [0.15, 0.2) is 10.4 Å². The van der Waals surface area contributed by atoms with Crippen LogP contribution in [0.4, 0.5) is 0 Å². The van der Waals surface area contributed by atoms with Gasteiger partial charge in [0.1, 0.15) is 5.75 Å². The Labute approximate surface area is 111 Å². The van der Waals surface area contributed by atoms with Gasteiger partial charge >= 0.3 is 0 Å². The summed E-state index contributed by atoms with van der Waals surface area (Å²) >= 11 is 5.15. The van der Waals surface area contributed by atoms with E-state index in [0.29, 0.717) is 17.0 Å². The van der Waals surface area contributed by atoms with Crippen molar-refractivity contribution < 1.29 is 9.47 Å². The molecule has 2 rings (SSSR count). The molecule has 0 aliphatic heterocycles. The van der Waals surface area contributed by atoms with E-state index in [1.54, 1.807) is 13.4 Å². The lowest BCUT2D eigenvalue weighted by molar-refractivity contribution is 0.341. The van der Waals surface area contributed by atoms with Gasteiger partial charge in [0.25, 0.3) is 0 Å². The van der Waals surface area contributed by atoms with E-state index in [9.17, 15) is 0 Å². The molecule has 0 saturated carbocycles. The van der Waals surface area contributed by atoms with Gasteiger partial charge in [0.05, 0.1) is 25.7 Å². The zero-order valence-corrected chi connectivity index (χ0v) is 11.1. The fourth-order valence-electron chi connectivity index (χ4n) is 1.73. The third-order valence-electron chi connectivity index (χ3n) is 2.47. The van der Waals surface area contributed by atoms with Crippen LogP contribution in [0.2, 0.25) is 0 Å². The number of para-hydroxylation sites is 1. The number of nitrogens with one attached hydrogen (secondary N) is 1. The highest BCUT2D eigenvalue weighted by atomic mass is 32.1. The Morgan fingerprint density at radius 3 is 2.83 bits per heavy atom. The molecule has 4 nitrogen and oxygen atoms in total. The number of ether oxygens (including phenoxy) is 2. The molecule has 1 N–H and O–H groups in total. The number of aromatic nitrogens is 2. The average Bonchev–Trinajstić information content (AvgIpc) is 2.39. The van der Waals surface area contributed by atoms with E-state index in [1.807, 2.05) is 31.2 Å². The van der Waals surface area contributed by atoms with Crippen molar-refractivity contribution >= 4 is 12.2 Å². The van der Waals surface area contributed by atoms with Gasteiger partial charge in [-0.2, -0.15) is 0 Å². The first kappa shape index (κ1) is 12.6. The molecule has 2 aromatic rings. The Morgan fingerprint density at radius 2 is 2.11 bits per heavy atom. The third kappa shape index (κ3) is 2.36. The molecule has 0 atom stereocenters. The number of aromatic amines is 1. The predicted molar refractivity (Wildman–Crippen MR) is 72.6 cm³/mol. The number of rotatable bonds is 4. The highest BCUT2D eigenvalue weighted by Gasteiger charge is 2.12. The van der Waals surface area contributed by atoms with Crippen molar-refractivity contribution in [2.24, 2.45) is 0 Å². The summed E-state index contributed by atoms with van der Waals surface area (Å²) in [6.07, 6.45) is 1.56. The molecule has 0 saturated heterocycles. The molecule has 5 heteroatoms. The lowest BCUT2D eigenvalue weighted by Crippen LogP contribution is -1.98. The number of methoxy groups -OCH3 is 1. The van der Waals surface area contributed by atoms with Crippen LogP contribution in [-0.4, -0.2) is 23.7 Å². The van der Waals surface area contributed by atoms with Crippen LogP contribution >= 0.6 is 12.2 Å². The van der Waals surface area contributed by atoms with E-state index in [0.717, 1.165) is 17.0 Å². The van der Waals surface area contributed by atoms with E-state index in [-0.39, 0.29) is 0 Å². The standard InChI is InChI=1S/C13H14N2O2S/c1-3-17-10-7-5-4-6-9(10)11-12(16-2)13(18)15-8-14-11/h4-8H,3H2,1-2H3,(H,14,15,18). The Morgan fingerprint density at radius 1 is 1.33 bits per heavy atom.